The van der Waals surface area contributed by atoms with Crippen LogP contribution in [0.25, 0.3) is 6.08 Å². The van der Waals surface area contributed by atoms with Crippen molar-refractivity contribution < 1.29 is 23.9 Å². The molecule has 7 nitrogen and oxygen atoms in total. The van der Waals surface area contributed by atoms with Crippen LogP contribution >= 0.6 is 11.6 Å². The molecule has 2 aromatic carbocycles. The Morgan fingerprint density at radius 1 is 1.06 bits per heavy atom. The summed E-state index contributed by atoms with van der Waals surface area (Å²) < 4.78 is 11.3. The second-order valence-electron chi connectivity index (χ2n) is 6.83. The summed E-state index contributed by atoms with van der Waals surface area (Å²) in [4.78, 5) is 38.9. The Kier molecular flexibility index (Phi) is 6.97. The van der Waals surface area contributed by atoms with E-state index in [0.29, 0.717) is 46.5 Å². The number of halogens is 1. The quantitative estimate of drug-likeness (QED) is 0.504. The molecule has 0 aliphatic carbocycles. The molecule has 1 heterocycles. The lowest BCUT2D eigenvalue weighted by Crippen LogP contribution is -2.54. The third-order valence-electron chi connectivity index (χ3n) is 4.62. The number of carbonyl (C=O) groups is 3. The molecular formula is C23H23ClN2O5. The fraction of sp³-hybridized carbons (Fsp3) is 0.261. The first kappa shape index (κ1) is 22.4. The van der Waals surface area contributed by atoms with Gasteiger partial charge in [0.2, 0.25) is 0 Å². The van der Waals surface area contributed by atoms with Crippen LogP contribution in [0.5, 0.6) is 11.5 Å². The largest absolute Gasteiger partial charge is 0.490 e. The Bertz CT molecular complexity index is 1060. The second kappa shape index (κ2) is 9.66. The van der Waals surface area contributed by atoms with Gasteiger partial charge in [0.1, 0.15) is 5.57 Å². The number of hydrogen-bond donors (Lipinski definition) is 1. The van der Waals surface area contributed by atoms with Crippen LogP contribution in [0, 0.1) is 6.92 Å². The van der Waals surface area contributed by atoms with E-state index in [-0.39, 0.29) is 5.57 Å². The minimum atomic E-state index is -0.823. The highest BCUT2D eigenvalue weighted by Gasteiger charge is 2.37. The zero-order chi connectivity index (χ0) is 22.5. The van der Waals surface area contributed by atoms with Gasteiger partial charge in [-0.15, -0.1) is 0 Å². The highest BCUT2D eigenvalue weighted by molar-refractivity contribution is 6.39. The van der Waals surface area contributed by atoms with E-state index in [0.717, 1.165) is 11.3 Å². The van der Waals surface area contributed by atoms with Gasteiger partial charge in [-0.05, 0) is 61.7 Å². The lowest BCUT2D eigenvalue weighted by Gasteiger charge is -2.27. The summed E-state index contributed by atoms with van der Waals surface area (Å²) in [6, 6.07) is 9.19. The highest BCUT2D eigenvalue weighted by Crippen LogP contribution is 2.32. The normalized spacial score (nSPS) is 15.3. The monoisotopic (exact) mass is 442 g/mol. The third-order valence-corrected chi connectivity index (χ3v) is 5.03. The number of amides is 4. The molecule has 0 atom stereocenters. The average Bonchev–Trinajstić information content (AvgIpc) is 2.73. The summed E-state index contributed by atoms with van der Waals surface area (Å²) >= 11 is 6.14. The molecule has 31 heavy (non-hydrogen) atoms. The maximum absolute atomic E-state index is 13.1. The third kappa shape index (κ3) is 4.72. The van der Waals surface area contributed by atoms with Crippen LogP contribution in [-0.4, -0.2) is 31.1 Å². The molecule has 2 aromatic rings. The number of hydrogen-bond acceptors (Lipinski definition) is 5. The molecule has 1 fully saturated rings. The lowest BCUT2D eigenvalue weighted by molar-refractivity contribution is -0.122. The Morgan fingerprint density at radius 3 is 2.55 bits per heavy atom. The number of anilines is 1. The van der Waals surface area contributed by atoms with E-state index >= 15 is 0 Å². The molecule has 0 unspecified atom stereocenters. The van der Waals surface area contributed by atoms with Crippen molar-refractivity contribution >= 4 is 41.2 Å². The zero-order valence-electron chi connectivity index (χ0n) is 17.5. The molecule has 8 heteroatoms. The number of rotatable bonds is 7. The fourth-order valence-electron chi connectivity index (χ4n) is 3.10. The van der Waals surface area contributed by atoms with Gasteiger partial charge in [-0.2, -0.15) is 0 Å². The van der Waals surface area contributed by atoms with E-state index in [9.17, 15) is 14.4 Å². The van der Waals surface area contributed by atoms with Crippen LogP contribution < -0.4 is 19.7 Å². The number of urea groups is 1. The van der Waals surface area contributed by atoms with Crippen LogP contribution in [0.1, 0.15) is 31.4 Å². The SMILES string of the molecule is CCCOc1ccc(/C=C2\C(=O)NC(=O)N(c3cccc(Cl)c3C)C2=O)cc1OCC. The van der Waals surface area contributed by atoms with Crippen molar-refractivity contribution in [2.45, 2.75) is 27.2 Å². The molecule has 0 aromatic heterocycles. The van der Waals surface area contributed by atoms with Gasteiger partial charge in [0.05, 0.1) is 18.9 Å². The predicted octanol–water partition coefficient (Wildman–Crippen LogP) is 4.50. The van der Waals surface area contributed by atoms with Gasteiger partial charge in [0.25, 0.3) is 11.8 Å². The van der Waals surface area contributed by atoms with Crippen molar-refractivity contribution in [3.05, 3.63) is 58.1 Å². The van der Waals surface area contributed by atoms with E-state index in [4.69, 9.17) is 21.1 Å². The predicted molar refractivity (Wildman–Crippen MR) is 119 cm³/mol. The molecule has 162 valence electrons. The minimum absolute atomic E-state index is 0.177. The molecule has 1 N–H and O–H groups in total. The topological polar surface area (TPSA) is 84.9 Å². The van der Waals surface area contributed by atoms with Crippen molar-refractivity contribution in [2.24, 2.45) is 0 Å². The summed E-state index contributed by atoms with van der Waals surface area (Å²) in [5.41, 5.74) is 1.25. The van der Waals surface area contributed by atoms with Gasteiger partial charge in [0.15, 0.2) is 11.5 Å². The maximum Gasteiger partial charge on any atom is 0.335 e. The summed E-state index contributed by atoms with van der Waals surface area (Å²) in [5.74, 6) is -0.414. The van der Waals surface area contributed by atoms with Gasteiger partial charge < -0.3 is 9.47 Å². The second-order valence-corrected chi connectivity index (χ2v) is 7.24. The first-order chi connectivity index (χ1) is 14.9. The number of barbiturate groups is 1. The van der Waals surface area contributed by atoms with Gasteiger partial charge in [-0.25, -0.2) is 9.69 Å². The van der Waals surface area contributed by atoms with Crippen molar-refractivity contribution in [1.82, 2.24) is 5.32 Å². The first-order valence-corrected chi connectivity index (χ1v) is 10.3. The maximum atomic E-state index is 13.1. The molecule has 3 rings (SSSR count). The van der Waals surface area contributed by atoms with Gasteiger partial charge in [-0.3, -0.25) is 14.9 Å². The molecule has 0 spiro atoms. The number of ether oxygens (including phenoxy) is 2. The van der Waals surface area contributed by atoms with Crippen molar-refractivity contribution in [2.75, 3.05) is 18.1 Å². The number of benzene rings is 2. The summed E-state index contributed by atoms with van der Waals surface area (Å²) in [6.45, 7) is 6.52. The molecule has 0 bridgehead atoms. The summed E-state index contributed by atoms with van der Waals surface area (Å²) in [7, 11) is 0. The zero-order valence-corrected chi connectivity index (χ0v) is 18.3. The number of imide groups is 2. The van der Waals surface area contributed by atoms with Crippen molar-refractivity contribution in [3.63, 3.8) is 0 Å². The summed E-state index contributed by atoms with van der Waals surface area (Å²) in [6.07, 6.45) is 2.27. The minimum Gasteiger partial charge on any atom is -0.490 e. The average molecular weight is 443 g/mol. The molecule has 1 saturated heterocycles. The number of carbonyl (C=O) groups excluding carboxylic acids is 3. The molecule has 1 aliphatic rings. The van der Waals surface area contributed by atoms with E-state index in [1.54, 1.807) is 43.3 Å². The Balaban J connectivity index is 2.00. The standard InChI is InChI=1S/C23H23ClN2O5/c1-4-11-31-19-10-9-15(13-20(19)30-5-2)12-16-21(27)25-23(29)26(22(16)28)18-8-6-7-17(24)14(18)3/h6-10,12-13H,4-5,11H2,1-3H3,(H,25,27,29)/b16-12+. The van der Waals surface area contributed by atoms with E-state index in [2.05, 4.69) is 5.32 Å². The molecule has 0 radical (unpaired) electrons. The van der Waals surface area contributed by atoms with Crippen LogP contribution in [0.4, 0.5) is 10.5 Å². The van der Waals surface area contributed by atoms with Crippen LogP contribution in [-0.2, 0) is 9.59 Å². The highest BCUT2D eigenvalue weighted by atomic mass is 35.5. The van der Waals surface area contributed by atoms with E-state index in [1.807, 2.05) is 13.8 Å². The van der Waals surface area contributed by atoms with Gasteiger partial charge in [0, 0.05) is 5.02 Å². The Labute approximate surface area is 185 Å². The van der Waals surface area contributed by atoms with E-state index < -0.39 is 17.8 Å². The van der Waals surface area contributed by atoms with Crippen LogP contribution in [0.2, 0.25) is 5.02 Å². The first-order valence-electron chi connectivity index (χ1n) is 9.93. The number of nitrogens with one attached hydrogen (secondary N) is 1. The van der Waals surface area contributed by atoms with Crippen molar-refractivity contribution in [1.29, 1.82) is 0 Å². The lowest BCUT2D eigenvalue weighted by atomic mass is 10.1. The number of nitrogens with zero attached hydrogens (tertiary/aromatic N) is 1. The van der Waals surface area contributed by atoms with Crippen LogP contribution in [0.3, 0.4) is 0 Å². The van der Waals surface area contributed by atoms with E-state index in [1.165, 1.54) is 6.08 Å². The van der Waals surface area contributed by atoms with Crippen LogP contribution in [0.15, 0.2) is 42.0 Å². The Hall–Kier alpha value is -3.32. The molecule has 1 aliphatic heterocycles. The fourth-order valence-corrected chi connectivity index (χ4v) is 3.26. The smallest absolute Gasteiger partial charge is 0.335 e. The molecular weight excluding hydrogens is 420 g/mol. The molecule has 0 saturated carbocycles. The Morgan fingerprint density at radius 2 is 1.84 bits per heavy atom. The van der Waals surface area contributed by atoms with Gasteiger partial charge in [-0.1, -0.05) is 30.7 Å². The molecule has 4 amide bonds. The van der Waals surface area contributed by atoms with Gasteiger partial charge >= 0.3 is 6.03 Å². The van der Waals surface area contributed by atoms with Crippen molar-refractivity contribution in [3.8, 4) is 11.5 Å². The summed E-state index contributed by atoms with van der Waals surface area (Å²) in [5, 5.41) is 2.62.